The van der Waals surface area contributed by atoms with Gasteiger partial charge in [0.25, 0.3) is 0 Å². The lowest BCUT2D eigenvalue weighted by molar-refractivity contribution is -0.220. The van der Waals surface area contributed by atoms with Crippen LogP contribution in [0.3, 0.4) is 0 Å². The molecule has 11 heteroatoms. The van der Waals surface area contributed by atoms with Crippen LogP contribution < -0.4 is 5.12 Å². The molecule has 0 saturated carbocycles. The Kier molecular flexibility index (Phi) is 2.74. The number of rotatable bonds is 0. The van der Waals surface area contributed by atoms with Gasteiger partial charge >= 0.3 is 17.8 Å². The van der Waals surface area contributed by atoms with Crippen LogP contribution in [0.15, 0.2) is 0 Å². The van der Waals surface area contributed by atoms with Crippen LogP contribution in [0.25, 0.3) is 0 Å². The molecule has 110 valence electrons. The summed E-state index contributed by atoms with van der Waals surface area (Å²) in [6.07, 6.45) is 0. The molecule has 0 fully saturated rings. The van der Waals surface area contributed by atoms with Crippen molar-refractivity contribution >= 4 is 11.6 Å². The number of alkyl halides is 4. The number of amides is 1. The van der Waals surface area contributed by atoms with E-state index in [1.165, 1.54) is 0 Å². The van der Waals surface area contributed by atoms with Crippen molar-refractivity contribution < 1.29 is 44.4 Å². The van der Waals surface area contributed by atoms with Gasteiger partial charge in [-0.3, -0.25) is 4.79 Å². The van der Waals surface area contributed by atoms with Crippen molar-refractivity contribution in [1.82, 2.24) is 0 Å². The molecule has 20 heavy (non-hydrogen) atoms. The Morgan fingerprint density at radius 1 is 0.750 bits per heavy atom. The van der Waals surface area contributed by atoms with Crippen LogP contribution in [0.1, 0.15) is 5.56 Å². The molecule has 0 aromatic heterocycles. The van der Waals surface area contributed by atoms with E-state index in [1.807, 2.05) is 0 Å². The molecule has 0 bridgehead atoms. The Bertz CT molecular complexity index is 627. The van der Waals surface area contributed by atoms with Crippen LogP contribution in [0.4, 0.5) is 45.3 Å². The monoisotopic (exact) mass is 309 g/mol. The third-order valence-corrected chi connectivity index (χ3v) is 2.59. The molecule has 0 spiro atoms. The van der Waals surface area contributed by atoms with Crippen LogP contribution in [0.5, 0.6) is 0 Å². The largest absolute Gasteiger partial charge is 0.393 e. The fourth-order valence-corrected chi connectivity index (χ4v) is 1.61. The molecule has 0 unspecified atom stereocenters. The number of halogens is 9. The van der Waals surface area contributed by atoms with E-state index >= 15 is 0 Å². The molecule has 0 saturated heterocycles. The van der Waals surface area contributed by atoms with Crippen molar-refractivity contribution in [3.05, 3.63) is 28.8 Å². The van der Waals surface area contributed by atoms with Crippen LogP contribution >= 0.6 is 0 Å². The maximum absolute atomic E-state index is 13.3. The average molecular weight is 309 g/mol. The Balaban J connectivity index is 2.99. The molecule has 2 rings (SSSR count). The highest BCUT2D eigenvalue weighted by atomic mass is 19.3. The van der Waals surface area contributed by atoms with E-state index in [1.54, 1.807) is 0 Å². The first-order valence-corrected chi connectivity index (χ1v) is 4.58. The molecule has 2 nitrogen and oxygen atoms in total. The second-order valence-corrected chi connectivity index (χ2v) is 3.71. The molecule has 0 radical (unpaired) electrons. The van der Waals surface area contributed by atoms with Gasteiger partial charge in [-0.05, 0) is 0 Å². The van der Waals surface area contributed by atoms with E-state index in [-0.39, 0.29) is 0 Å². The zero-order chi connectivity index (χ0) is 15.6. The van der Waals surface area contributed by atoms with E-state index in [0.29, 0.717) is 0 Å². The maximum atomic E-state index is 13.3. The highest BCUT2D eigenvalue weighted by Gasteiger charge is 2.71. The average Bonchev–Trinajstić information content (AvgIpc) is 2.36. The van der Waals surface area contributed by atoms with Gasteiger partial charge in [-0.15, -0.1) is 5.12 Å². The number of carbonyl (C=O) groups excluding carboxylic acids is 1. The molecule has 0 N–H and O–H groups in total. The van der Waals surface area contributed by atoms with Crippen molar-refractivity contribution in [1.29, 1.82) is 0 Å². The minimum absolute atomic E-state index is 1.88. The standard InChI is InChI=1S/C9F9NO/c10-2-1-6(5(13)4(12)3(2)11)19(18)7(20)9(16,17)8(1,14)15. The summed E-state index contributed by atoms with van der Waals surface area (Å²) in [5.41, 5.74) is -5.21. The number of fused-ring (bicyclic) bond motifs is 1. The molecule has 1 aromatic carbocycles. The van der Waals surface area contributed by atoms with Crippen LogP contribution in [-0.2, 0) is 10.7 Å². The number of carbonyl (C=O) groups is 1. The van der Waals surface area contributed by atoms with E-state index in [9.17, 15) is 44.4 Å². The zero-order valence-corrected chi connectivity index (χ0v) is 8.76. The lowest BCUT2D eigenvalue weighted by Crippen LogP contribution is -2.55. The van der Waals surface area contributed by atoms with Crippen molar-refractivity contribution in [2.45, 2.75) is 11.8 Å². The summed E-state index contributed by atoms with van der Waals surface area (Å²) < 4.78 is 118. The van der Waals surface area contributed by atoms with Crippen molar-refractivity contribution in [2.24, 2.45) is 0 Å². The molecule has 0 atom stereocenters. The van der Waals surface area contributed by atoms with E-state index in [4.69, 9.17) is 0 Å². The van der Waals surface area contributed by atoms with Crippen LogP contribution in [0, 0.1) is 23.3 Å². The maximum Gasteiger partial charge on any atom is 0.393 e. The summed E-state index contributed by atoms with van der Waals surface area (Å²) in [7, 11) is 0. The smallest absolute Gasteiger partial charge is 0.265 e. The number of anilines is 1. The fourth-order valence-electron chi connectivity index (χ4n) is 1.61. The van der Waals surface area contributed by atoms with Gasteiger partial charge in [0.05, 0.1) is 5.56 Å². The van der Waals surface area contributed by atoms with Crippen LogP contribution in [-0.4, -0.2) is 11.8 Å². The molecule has 1 heterocycles. The van der Waals surface area contributed by atoms with Crippen molar-refractivity contribution in [3.63, 3.8) is 0 Å². The van der Waals surface area contributed by atoms with Crippen molar-refractivity contribution in [3.8, 4) is 0 Å². The van der Waals surface area contributed by atoms with Gasteiger partial charge in [-0.2, -0.15) is 17.6 Å². The fraction of sp³-hybridized carbons (Fsp3) is 0.222. The topological polar surface area (TPSA) is 20.3 Å². The third-order valence-electron chi connectivity index (χ3n) is 2.59. The second kappa shape index (κ2) is 3.79. The number of nitrogens with zero attached hydrogens (tertiary/aromatic N) is 1. The Hall–Kier alpha value is -1.94. The molecule has 1 aliphatic rings. The second-order valence-electron chi connectivity index (χ2n) is 3.71. The molecule has 1 amide bonds. The van der Waals surface area contributed by atoms with Crippen molar-refractivity contribution in [2.75, 3.05) is 5.12 Å². The first-order valence-electron chi connectivity index (χ1n) is 4.58. The quantitative estimate of drug-likeness (QED) is 0.312. The predicted octanol–water partition coefficient (Wildman–Crippen LogP) is 3.20. The normalized spacial score (nSPS) is 20.1. The molecule has 0 aliphatic carbocycles. The summed E-state index contributed by atoms with van der Waals surface area (Å²) in [5.74, 6) is -26.0. The Labute approximate surface area is 103 Å². The predicted molar refractivity (Wildman–Crippen MR) is 43.7 cm³/mol. The van der Waals surface area contributed by atoms with Gasteiger partial charge < -0.3 is 0 Å². The highest BCUT2D eigenvalue weighted by molar-refractivity contribution is 6.01. The Morgan fingerprint density at radius 2 is 1.20 bits per heavy atom. The SMILES string of the molecule is O=C1N(F)c2c(F)c(F)c(F)c(F)c2C(F)(F)C1(F)F. The summed E-state index contributed by atoms with van der Waals surface area (Å²) in [6, 6.07) is 0. The molecular formula is C9F9NO. The lowest BCUT2D eigenvalue weighted by atomic mass is 9.94. The lowest BCUT2D eigenvalue weighted by Gasteiger charge is -2.34. The minimum atomic E-state index is -5.80. The van der Waals surface area contributed by atoms with Gasteiger partial charge in [-0.25, -0.2) is 17.6 Å². The summed E-state index contributed by atoms with van der Waals surface area (Å²) >= 11 is 0. The Morgan fingerprint density at radius 3 is 1.70 bits per heavy atom. The van der Waals surface area contributed by atoms with Gasteiger partial charge in [-0.1, -0.05) is 4.48 Å². The summed E-state index contributed by atoms with van der Waals surface area (Å²) in [5, 5.41) is -1.88. The van der Waals surface area contributed by atoms with E-state index in [2.05, 4.69) is 0 Å². The molecule has 1 aromatic rings. The minimum Gasteiger partial charge on any atom is -0.265 e. The number of benzene rings is 1. The molecular weight excluding hydrogens is 309 g/mol. The number of hydrogen-bond acceptors (Lipinski definition) is 1. The van der Waals surface area contributed by atoms with E-state index in [0.717, 1.165) is 0 Å². The highest BCUT2D eigenvalue weighted by Crippen LogP contribution is 2.53. The van der Waals surface area contributed by atoms with Gasteiger partial charge in [0, 0.05) is 0 Å². The summed E-state index contributed by atoms with van der Waals surface area (Å²) in [4.78, 5) is 10.7. The first-order chi connectivity index (χ1) is 8.96. The van der Waals surface area contributed by atoms with Crippen LogP contribution in [0.2, 0.25) is 0 Å². The zero-order valence-electron chi connectivity index (χ0n) is 8.76. The number of hydrogen-bond donors (Lipinski definition) is 0. The first kappa shape index (κ1) is 14.5. The van der Waals surface area contributed by atoms with E-state index < -0.39 is 57.4 Å². The van der Waals surface area contributed by atoms with Gasteiger partial charge in [0.2, 0.25) is 0 Å². The van der Waals surface area contributed by atoms with Gasteiger partial charge in [0.1, 0.15) is 5.69 Å². The summed E-state index contributed by atoms with van der Waals surface area (Å²) in [6.45, 7) is 0. The van der Waals surface area contributed by atoms with Gasteiger partial charge in [0.15, 0.2) is 23.3 Å². The third kappa shape index (κ3) is 1.40. The molecule has 1 aliphatic heterocycles.